The highest BCUT2D eigenvalue weighted by molar-refractivity contribution is 5.70. The van der Waals surface area contributed by atoms with Gasteiger partial charge in [-0.1, -0.05) is 44.5 Å². The molecule has 5 aromatic rings. The van der Waals surface area contributed by atoms with Crippen molar-refractivity contribution < 1.29 is 13.2 Å². The summed E-state index contributed by atoms with van der Waals surface area (Å²) in [6.45, 7) is 4.44. The largest absolute Gasteiger partial charge is 0.419 e. The Labute approximate surface area is 228 Å². The highest BCUT2D eigenvalue weighted by atomic mass is 19.4. The summed E-state index contributed by atoms with van der Waals surface area (Å²) in [5.41, 5.74) is 2.64. The minimum absolute atomic E-state index is 0.153. The summed E-state index contributed by atoms with van der Waals surface area (Å²) in [5.74, 6) is 0.320. The first-order valence-corrected chi connectivity index (χ1v) is 13.2. The summed E-state index contributed by atoms with van der Waals surface area (Å²) >= 11 is 0. The normalized spacial score (nSPS) is 11.8. The van der Waals surface area contributed by atoms with Crippen LogP contribution >= 0.6 is 0 Å². The van der Waals surface area contributed by atoms with Crippen LogP contribution in [0.5, 0.6) is 0 Å². The lowest BCUT2D eigenvalue weighted by molar-refractivity contribution is -0.137. The number of pyridine rings is 1. The number of hydrogen-bond acceptors (Lipinski definition) is 5. The number of aromatic amines is 1. The van der Waals surface area contributed by atoms with E-state index < -0.39 is 17.4 Å². The summed E-state index contributed by atoms with van der Waals surface area (Å²) < 4.78 is 46.1. The van der Waals surface area contributed by atoms with E-state index in [1.807, 2.05) is 44.2 Å². The SMILES string of the molecule is CCCCc1cn(-c2c(C(F)(F)F)ccn2CCC)c(=O)n1Cc1cnccc1-c1ccc(-c2nn[nH]n2)cc1. The Morgan fingerprint density at radius 2 is 1.77 bits per heavy atom. The van der Waals surface area contributed by atoms with Crippen molar-refractivity contribution in [3.8, 4) is 28.3 Å². The molecule has 1 N–H and O–H groups in total. The number of hydrogen-bond donors (Lipinski definition) is 1. The van der Waals surface area contributed by atoms with Crippen LogP contribution < -0.4 is 5.69 Å². The number of benzene rings is 1. The van der Waals surface area contributed by atoms with Gasteiger partial charge in [0.05, 0.1) is 12.1 Å². The number of alkyl halides is 3. The van der Waals surface area contributed by atoms with Crippen LogP contribution in [0.15, 0.2) is 66.0 Å². The Morgan fingerprint density at radius 1 is 1.00 bits per heavy atom. The van der Waals surface area contributed by atoms with Gasteiger partial charge in [0.2, 0.25) is 5.82 Å². The third kappa shape index (κ3) is 5.33. The van der Waals surface area contributed by atoms with Crippen molar-refractivity contribution in [3.63, 3.8) is 0 Å². The lowest BCUT2D eigenvalue weighted by Crippen LogP contribution is -2.27. The van der Waals surface area contributed by atoms with Crippen molar-refractivity contribution in [1.82, 2.24) is 39.3 Å². The molecule has 0 saturated carbocycles. The van der Waals surface area contributed by atoms with Crippen LogP contribution in [0.4, 0.5) is 13.2 Å². The molecule has 4 heterocycles. The van der Waals surface area contributed by atoms with Gasteiger partial charge in [0, 0.05) is 42.6 Å². The lowest BCUT2D eigenvalue weighted by Gasteiger charge is -2.13. The summed E-state index contributed by atoms with van der Waals surface area (Å²) in [5, 5.41) is 14.0. The van der Waals surface area contributed by atoms with Crippen LogP contribution in [-0.4, -0.2) is 39.3 Å². The van der Waals surface area contributed by atoms with Crippen LogP contribution in [0.1, 0.15) is 49.9 Å². The Balaban J connectivity index is 1.58. The van der Waals surface area contributed by atoms with Crippen molar-refractivity contribution in [2.24, 2.45) is 0 Å². The molecule has 0 aliphatic carbocycles. The first-order chi connectivity index (χ1) is 19.3. The van der Waals surface area contributed by atoms with E-state index in [2.05, 4.69) is 25.6 Å². The maximum absolute atomic E-state index is 14.0. The molecule has 0 spiro atoms. The zero-order valence-corrected chi connectivity index (χ0v) is 22.2. The van der Waals surface area contributed by atoms with Crippen molar-refractivity contribution in [1.29, 1.82) is 0 Å². The van der Waals surface area contributed by atoms with E-state index >= 15 is 0 Å². The Morgan fingerprint density at radius 3 is 2.45 bits per heavy atom. The predicted molar refractivity (Wildman–Crippen MR) is 144 cm³/mol. The molecule has 0 fully saturated rings. The number of H-pyrrole nitrogens is 1. The van der Waals surface area contributed by atoms with E-state index in [9.17, 15) is 18.0 Å². The van der Waals surface area contributed by atoms with Gasteiger partial charge < -0.3 is 4.57 Å². The second kappa shape index (κ2) is 11.3. The maximum atomic E-state index is 14.0. The molecule has 0 amide bonds. The number of nitrogens with one attached hydrogen (secondary N) is 1. The molecule has 40 heavy (non-hydrogen) atoms. The smallest absolute Gasteiger partial charge is 0.334 e. The number of imidazole rings is 1. The van der Waals surface area contributed by atoms with Gasteiger partial charge in [-0.3, -0.25) is 14.1 Å². The number of tetrazole rings is 1. The summed E-state index contributed by atoms with van der Waals surface area (Å²) in [4.78, 5) is 18.1. The van der Waals surface area contributed by atoms with E-state index in [0.717, 1.165) is 45.7 Å². The fourth-order valence-electron chi connectivity index (χ4n) is 4.87. The van der Waals surface area contributed by atoms with Crippen molar-refractivity contribution >= 4 is 0 Å². The molecule has 5 rings (SSSR count). The van der Waals surface area contributed by atoms with Crippen LogP contribution in [0.2, 0.25) is 0 Å². The van der Waals surface area contributed by atoms with E-state index in [4.69, 9.17) is 0 Å². The first kappa shape index (κ1) is 27.1. The number of nitrogens with zero attached hydrogens (tertiary/aromatic N) is 7. The summed E-state index contributed by atoms with van der Waals surface area (Å²) in [6, 6.07) is 10.5. The van der Waals surface area contributed by atoms with Gasteiger partial charge in [0.25, 0.3) is 0 Å². The molecule has 0 bridgehead atoms. The molecule has 0 atom stereocenters. The quantitative estimate of drug-likeness (QED) is 0.248. The Hall–Kier alpha value is -4.48. The minimum Gasteiger partial charge on any atom is -0.334 e. The molecule has 0 saturated heterocycles. The molecule has 9 nitrogen and oxygen atoms in total. The van der Waals surface area contributed by atoms with E-state index in [1.165, 1.54) is 10.8 Å². The topological polar surface area (TPSA) is 99.2 Å². The maximum Gasteiger partial charge on any atom is 0.419 e. The molecule has 4 aromatic heterocycles. The highest BCUT2D eigenvalue weighted by Gasteiger charge is 2.37. The fourth-order valence-corrected chi connectivity index (χ4v) is 4.87. The monoisotopic (exact) mass is 550 g/mol. The molecular formula is C28H29F3N8O. The highest BCUT2D eigenvalue weighted by Crippen LogP contribution is 2.35. The molecule has 0 unspecified atom stereocenters. The molecule has 12 heteroatoms. The number of aromatic nitrogens is 8. The van der Waals surface area contributed by atoms with Gasteiger partial charge in [-0.05, 0) is 53.3 Å². The predicted octanol–water partition coefficient (Wildman–Crippen LogP) is 5.50. The van der Waals surface area contributed by atoms with Gasteiger partial charge in [-0.25, -0.2) is 4.79 Å². The number of rotatable bonds is 10. The summed E-state index contributed by atoms with van der Waals surface area (Å²) in [7, 11) is 0. The second-order valence-electron chi connectivity index (χ2n) is 9.55. The number of aryl methyl sites for hydroxylation is 2. The summed E-state index contributed by atoms with van der Waals surface area (Å²) in [6.07, 6.45) is 4.59. The zero-order valence-electron chi connectivity index (χ0n) is 22.2. The molecule has 0 aliphatic rings. The average Bonchev–Trinajstić information content (AvgIpc) is 3.69. The van der Waals surface area contributed by atoms with Crippen molar-refractivity contribution in [2.75, 3.05) is 0 Å². The third-order valence-electron chi connectivity index (χ3n) is 6.81. The third-order valence-corrected chi connectivity index (χ3v) is 6.81. The van der Waals surface area contributed by atoms with Crippen LogP contribution in [0.3, 0.4) is 0 Å². The molecule has 1 aromatic carbocycles. The standard InChI is InChI=1S/C28H29F3N8O/c1-3-5-6-22-18-39(26-24(28(29,30)31)12-15-37(26)14-4-2)27(40)38(22)17-21-16-32-13-11-23(21)19-7-9-20(10-8-19)25-33-35-36-34-25/h7-13,15-16,18H,3-6,14,17H2,1-2H3,(H,33,34,35,36). The minimum atomic E-state index is -4.59. The second-order valence-corrected chi connectivity index (χ2v) is 9.55. The van der Waals surface area contributed by atoms with Gasteiger partial charge in [0.15, 0.2) is 0 Å². The van der Waals surface area contributed by atoms with Crippen molar-refractivity contribution in [3.05, 3.63) is 88.5 Å². The van der Waals surface area contributed by atoms with Gasteiger partial charge in [-0.15, -0.1) is 10.2 Å². The fraction of sp³-hybridized carbons (Fsp3) is 0.321. The van der Waals surface area contributed by atoms with Crippen LogP contribution in [0, 0.1) is 0 Å². The van der Waals surface area contributed by atoms with Crippen LogP contribution in [0.25, 0.3) is 28.3 Å². The van der Waals surface area contributed by atoms with E-state index in [1.54, 1.807) is 23.2 Å². The Kier molecular flexibility index (Phi) is 7.67. The molecule has 0 aliphatic heterocycles. The zero-order chi connectivity index (χ0) is 28.3. The van der Waals surface area contributed by atoms with Gasteiger partial charge in [0.1, 0.15) is 5.82 Å². The lowest BCUT2D eigenvalue weighted by atomic mass is 10.00. The van der Waals surface area contributed by atoms with Crippen molar-refractivity contribution in [2.45, 2.75) is 58.8 Å². The number of halogens is 3. The van der Waals surface area contributed by atoms with E-state index in [0.29, 0.717) is 30.9 Å². The van der Waals surface area contributed by atoms with E-state index in [-0.39, 0.29) is 12.4 Å². The molecule has 0 radical (unpaired) electrons. The van der Waals surface area contributed by atoms with Gasteiger partial charge >= 0.3 is 11.9 Å². The van der Waals surface area contributed by atoms with Crippen LogP contribution in [-0.2, 0) is 25.7 Å². The first-order valence-electron chi connectivity index (χ1n) is 13.2. The molecular weight excluding hydrogens is 521 g/mol. The van der Waals surface area contributed by atoms with Gasteiger partial charge in [-0.2, -0.15) is 18.4 Å². The average molecular weight is 551 g/mol. The molecule has 208 valence electrons. The number of unbranched alkanes of at least 4 members (excludes halogenated alkanes) is 1. The Bertz CT molecular complexity index is 1630.